The summed E-state index contributed by atoms with van der Waals surface area (Å²) in [6.45, 7) is 7.89. The van der Waals surface area contributed by atoms with Gasteiger partial charge in [-0.05, 0) is 32.4 Å². The van der Waals surface area contributed by atoms with Crippen molar-refractivity contribution in [3.8, 4) is 0 Å². The minimum atomic E-state index is 0.0421. The van der Waals surface area contributed by atoms with Crippen molar-refractivity contribution >= 4 is 12.0 Å². The first-order valence-corrected chi connectivity index (χ1v) is 11.3. The molecule has 1 aromatic heterocycles. The second-order valence-corrected chi connectivity index (χ2v) is 8.84. The van der Waals surface area contributed by atoms with Crippen LogP contribution in [0.15, 0.2) is 41.5 Å². The maximum absolute atomic E-state index is 6.00. The second kappa shape index (κ2) is 8.94. The molecule has 0 radical (unpaired) electrons. The van der Waals surface area contributed by atoms with Gasteiger partial charge in [0.1, 0.15) is 12.1 Å². The molecule has 0 amide bonds. The van der Waals surface area contributed by atoms with E-state index in [1.807, 2.05) is 18.5 Å². The van der Waals surface area contributed by atoms with Gasteiger partial charge in [-0.2, -0.15) is 0 Å². The van der Waals surface area contributed by atoms with Crippen LogP contribution in [0, 0.1) is 5.92 Å². The van der Waals surface area contributed by atoms with E-state index in [1.54, 1.807) is 6.33 Å². The Kier molecular flexibility index (Phi) is 5.89. The van der Waals surface area contributed by atoms with Crippen LogP contribution in [-0.2, 0) is 4.74 Å². The molecule has 3 aliphatic heterocycles. The Bertz CT molecular complexity index is 861. The Balaban J connectivity index is 1.24. The number of hydrogen-bond donors (Lipinski definition) is 3. The van der Waals surface area contributed by atoms with Crippen LogP contribution in [0.4, 0.5) is 5.82 Å². The highest BCUT2D eigenvalue weighted by Gasteiger charge is 2.40. The van der Waals surface area contributed by atoms with E-state index in [1.165, 1.54) is 0 Å². The fourth-order valence-electron chi connectivity index (χ4n) is 4.86. The second-order valence-electron chi connectivity index (χ2n) is 8.84. The molecule has 2 fully saturated rings. The third-order valence-electron chi connectivity index (χ3n) is 6.42. The Labute approximate surface area is 183 Å². The predicted molar refractivity (Wildman–Crippen MR) is 120 cm³/mol. The van der Waals surface area contributed by atoms with Crippen molar-refractivity contribution in [3.05, 3.63) is 42.2 Å². The summed E-state index contributed by atoms with van der Waals surface area (Å²) in [5, 5.41) is 3.30. The fourth-order valence-corrected chi connectivity index (χ4v) is 4.86. The van der Waals surface area contributed by atoms with Crippen LogP contribution in [0.2, 0.25) is 0 Å². The van der Waals surface area contributed by atoms with E-state index in [9.17, 15) is 0 Å². The highest BCUT2D eigenvalue weighted by atomic mass is 16.5. The summed E-state index contributed by atoms with van der Waals surface area (Å²) < 4.78 is 6.00. The van der Waals surface area contributed by atoms with E-state index >= 15 is 0 Å². The van der Waals surface area contributed by atoms with Crippen LogP contribution in [0.3, 0.4) is 0 Å². The molecular formula is C22H32N8O. The first-order valence-electron chi connectivity index (χ1n) is 11.3. The van der Waals surface area contributed by atoms with Gasteiger partial charge in [0.25, 0.3) is 0 Å². The third kappa shape index (κ3) is 4.44. The number of hydrazine groups is 1. The van der Waals surface area contributed by atoms with Gasteiger partial charge in [-0.1, -0.05) is 0 Å². The number of allylic oxidation sites excluding steroid dienone is 2. The Morgan fingerprint density at radius 2 is 2.00 bits per heavy atom. The SMILES string of the molecule is CC(C)OC1=CC[C@H]2NN[C@@H](c3cc(N4CCN([C@@H]5N=CC=CN5)CC4)ncn3)[C@H]2C1. The highest BCUT2D eigenvalue weighted by Crippen LogP contribution is 2.38. The number of ether oxygens (including phenoxy) is 1. The summed E-state index contributed by atoms with van der Waals surface area (Å²) in [5.74, 6) is 2.52. The third-order valence-corrected chi connectivity index (χ3v) is 6.42. The average Bonchev–Trinajstić information content (AvgIpc) is 3.23. The summed E-state index contributed by atoms with van der Waals surface area (Å²) in [7, 11) is 0. The number of aliphatic imine (C=N–C) groups is 1. The minimum absolute atomic E-state index is 0.0421. The largest absolute Gasteiger partial charge is 0.496 e. The molecule has 0 bridgehead atoms. The molecule has 4 atom stereocenters. The van der Waals surface area contributed by atoms with Crippen LogP contribution in [0.25, 0.3) is 0 Å². The lowest BCUT2D eigenvalue weighted by Crippen LogP contribution is -2.53. The van der Waals surface area contributed by atoms with Gasteiger partial charge in [0.2, 0.25) is 0 Å². The van der Waals surface area contributed by atoms with E-state index in [0.717, 1.165) is 56.3 Å². The van der Waals surface area contributed by atoms with Crippen LogP contribution in [0.5, 0.6) is 0 Å². The van der Waals surface area contributed by atoms with Gasteiger partial charge in [0.05, 0.1) is 23.6 Å². The zero-order valence-corrected chi connectivity index (χ0v) is 18.2. The lowest BCUT2D eigenvalue weighted by molar-refractivity contribution is 0.122. The molecule has 0 unspecified atom stereocenters. The lowest BCUT2D eigenvalue weighted by Gasteiger charge is -2.38. The van der Waals surface area contributed by atoms with Crippen molar-refractivity contribution in [1.82, 2.24) is 31.0 Å². The smallest absolute Gasteiger partial charge is 0.175 e. The van der Waals surface area contributed by atoms with E-state index in [4.69, 9.17) is 4.74 Å². The Morgan fingerprint density at radius 3 is 2.77 bits per heavy atom. The average molecular weight is 425 g/mol. The fraction of sp³-hybridized carbons (Fsp3) is 0.591. The predicted octanol–water partition coefficient (Wildman–Crippen LogP) is 1.31. The summed E-state index contributed by atoms with van der Waals surface area (Å²) in [5.41, 5.74) is 7.99. The number of fused-ring (bicyclic) bond motifs is 1. The molecule has 5 rings (SSSR count). The molecule has 0 saturated carbocycles. The van der Waals surface area contributed by atoms with Gasteiger partial charge in [0, 0.05) is 63.0 Å². The standard InChI is InChI=1S/C22H32N8O/c1-15(2)31-16-4-5-18-17(12-16)21(28-27-18)19-13-20(26-14-25-19)29-8-10-30(11-9-29)22-23-6-3-7-24-22/h3-4,6-7,13-15,17-18,21-23,27-28H,5,8-12H2,1-2H3/t17-,18+,21+,22-/m0/s1. The molecule has 2 saturated heterocycles. The van der Waals surface area contributed by atoms with Crippen molar-refractivity contribution in [2.24, 2.45) is 10.9 Å². The number of piperazine rings is 1. The molecule has 1 aliphatic carbocycles. The summed E-state index contributed by atoms with van der Waals surface area (Å²) in [6, 6.07) is 2.71. The number of hydrogen-bond acceptors (Lipinski definition) is 9. The van der Waals surface area contributed by atoms with Crippen molar-refractivity contribution in [3.63, 3.8) is 0 Å². The van der Waals surface area contributed by atoms with Crippen LogP contribution < -0.4 is 21.1 Å². The zero-order valence-electron chi connectivity index (χ0n) is 18.2. The van der Waals surface area contributed by atoms with Gasteiger partial charge in [-0.15, -0.1) is 0 Å². The summed E-state index contributed by atoms with van der Waals surface area (Å²) in [6.07, 6.45) is 11.8. The maximum Gasteiger partial charge on any atom is 0.175 e. The van der Waals surface area contributed by atoms with Gasteiger partial charge in [0.15, 0.2) is 6.29 Å². The van der Waals surface area contributed by atoms with Crippen molar-refractivity contribution < 1.29 is 4.74 Å². The first-order chi connectivity index (χ1) is 15.2. The molecule has 166 valence electrons. The molecule has 1 aromatic rings. The van der Waals surface area contributed by atoms with Crippen molar-refractivity contribution in [2.45, 2.75) is 51.2 Å². The molecule has 4 aliphatic rings. The monoisotopic (exact) mass is 424 g/mol. The normalized spacial score (nSPS) is 30.8. The molecule has 31 heavy (non-hydrogen) atoms. The van der Waals surface area contributed by atoms with E-state index in [-0.39, 0.29) is 18.4 Å². The van der Waals surface area contributed by atoms with E-state index in [2.05, 4.69) is 66.9 Å². The molecule has 9 nitrogen and oxygen atoms in total. The first kappa shape index (κ1) is 20.4. The topological polar surface area (TPSA) is 89.9 Å². The number of nitrogens with one attached hydrogen (secondary N) is 3. The van der Waals surface area contributed by atoms with Crippen LogP contribution in [0.1, 0.15) is 38.4 Å². The van der Waals surface area contributed by atoms with Gasteiger partial charge >= 0.3 is 0 Å². The summed E-state index contributed by atoms with van der Waals surface area (Å²) >= 11 is 0. The van der Waals surface area contributed by atoms with Crippen molar-refractivity contribution in [1.29, 1.82) is 0 Å². The number of rotatable bonds is 5. The van der Waals surface area contributed by atoms with Crippen molar-refractivity contribution in [2.75, 3.05) is 31.1 Å². The summed E-state index contributed by atoms with van der Waals surface area (Å²) in [4.78, 5) is 18.4. The molecule has 4 heterocycles. The zero-order chi connectivity index (χ0) is 21.2. The lowest BCUT2D eigenvalue weighted by atomic mass is 9.83. The van der Waals surface area contributed by atoms with Crippen LogP contribution >= 0.6 is 0 Å². The Hall–Kier alpha value is -2.49. The quantitative estimate of drug-likeness (QED) is 0.652. The van der Waals surface area contributed by atoms with Gasteiger partial charge in [-0.3, -0.25) is 15.3 Å². The molecular weight excluding hydrogens is 392 g/mol. The van der Waals surface area contributed by atoms with Gasteiger partial charge in [-0.25, -0.2) is 15.4 Å². The van der Waals surface area contributed by atoms with Gasteiger partial charge < -0.3 is 15.0 Å². The molecule has 0 spiro atoms. The highest BCUT2D eigenvalue weighted by molar-refractivity contribution is 5.71. The number of anilines is 1. The number of nitrogens with zero attached hydrogens (tertiary/aromatic N) is 5. The van der Waals surface area contributed by atoms with E-state index in [0.29, 0.717) is 12.0 Å². The Morgan fingerprint density at radius 1 is 1.13 bits per heavy atom. The molecule has 0 aromatic carbocycles. The van der Waals surface area contributed by atoms with Crippen LogP contribution in [-0.4, -0.2) is 65.7 Å². The maximum atomic E-state index is 6.00. The minimum Gasteiger partial charge on any atom is -0.496 e. The number of aromatic nitrogens is 2. The molecule has 3 N–H and O–H groups in total. The van der Waals surface area contributed by atoms with E-state index < -0.39 is 0 Å². The molecule has 9 heteroatoms.